The van der Waals surface area contributed by atoms with Crippen LogP contribution in [-0.4, -0.2) is 43.5 Å². The van der Waals surface area contributed by atoms with Crippen LogP contribution in [0.15, 0.2) is 16.7 Å². The second-order valence-corrected chi connectivity index (χ2v) is 5.52. The molecule has 0 spiro atoms. The minimum absolute atomic E-state index is 0.490. The summed E-state index contributed by atoms with van der Waals surface area (Å²) in [7, 11) is 4.39. The predicted molar refractivity (Wildman–Crippen MR) is 73.2 cm³/mol. The van der Waals surface area contributed by atoms with Crippen LogP contribution >= 0.6 is 0 Å². The average Bonchev–Trinajstić information content (AvgIpc) is 2.79. The SMILES string of the molecule is CN1CCC(CN(C)Cc2ccoc2CN)CC1. The Hall–Kier alpha value is -0.840. The summed E-state index contributed by atoms with van der Waals surface area (Å²) >= 11 is 0. The third kappa shape index (κ3) is 3.57. The molecule has 4 nitrogen and oxygen atoms in total. The van der Waals surface area contributed by atoms with Gasteiger partial charge < -0.3 is 20.0 Å². The number of likely N-dealkylation sites (tertiary alicyclic amines) is 1. The number of hydrogen-bond donors (Lipinski definition) is 1. The first-order valence-corrected chi connectivity index (χ1v) is 6.81. The highest BCUT2D eigenvalue weighted by atomic mass is 16.3. The number of furan rings is 1. The van der Waals surface area contributed by atoms with E-state index in [9.17, 15) is 0 Å². The molecule has 1 saturated heterocycles. The lowest BCUT2D eigenvalue weighted by Crippen LogP contribution is -2.35. The van der Waals surface area contributed by atoms with Gasteiger partial charge in [-0.2, -0.15) is 0 Å². The van der Waals surface area contributed by atoms with E-state index in [4.69, 9.17) is 10.2 Å². The minimum atomic E-state index is 0.490. The molecule has 0 unspecified atom stereocenters. The third-order valence-electron chi connectivity index (χ3n) is 3.87. The van der Waals surface area contributed by atoms with Crippen molar-refractivity contribution in [1.29, 1.82) is 0 Å². The van der Waals surface area contributed by atoms with E-state index < -0.39 is 0 Å². The monoisotopic (exact) mass is 251 g/mol. The van der Waals surface area contributed by atoms with Crippen molar-refractivity contribution in [2.24, 2.45) is 11.7 Å². The molecule has 0 aliphatic carbocycles. The van der Waals surface area contributed by atoms with E-state index in [2.05, 4.69) is 23.9 Å². The fourth-order valence-electron chi connectivity index (χ4n) is 2.73. The van der Waals surface area contributed by atoms with E-state index in [1.807, 2.05) is 6.07 Å². The normalized spacial score (nSPS) is 18.7. The Morgan fingerprint density at radius 2 is 2.17 bits per heavy atom. The van der Waals surface area contributed by atoms with Gasteiger partial charge in [0.2, 0.25) is 0 Å². The maximum atomic E-state index is 5.65. The Morgan fingerprint density at radius 3 is 2.83 bits per heavy atom. The zero-order valence-corrected chi connectivity index (χ0v) is 11.6. The van der Waals surface area contributed by atoms with Gasteiger partial charge in [0, 0.05) is 18.7 Å². The van der Waals surface area contributed by atoms with Crippen molar-refractivity contribution in [3.05, 3.63) is 23.7 Å². The molecule has 0 bridgehead atoms. The van der Waals surface area contributed by atoms with Crippen LogP contribution in [0.5, 0.6) is 0 Å². The molecule has 1 aliphatic heterocycles. The van der Waals surface area contributed by atoms with Gasteiger partial charge in [0.05, 0.1) is 12.8 Å². The van der Waals surface area contributed by atoms with E-state index in [1.54, 1.807) is 6.26 Å². The zero-order chi connectivity index (χ0) is 13.0. The molecule has 102 valence electrons. The molecule has 2 heterocycles. The van der Waals surface area contributed by atoms with Crippen molar-refractivity contribution in [1.82, 2.24) is 9.80 Å². The van der Waals surface area contributed by atoms with Gasteiger partial charge in [-0.05, 0) is 52.0 Å². The molecule has 1 aliphatic rings. The molecular formula is C14H25N3O. The van der Waals surface area contributed by atoms with E-state index in [0.29, 0.717) is 6.54 Å². The topological polar surface area (TPSA) is 45.6 Å². The van der Waals surface area contributed by atoms with Crippen molar-refractivity contribution in [3.63, 3.8) is 0 Å². The van der Waals surface area contributed by atoms with Crippen molar-refractivity contribution in [2.45, 2.75) is 25.9 Å². The third-order valence-corrected chi connectivity index (χ3v) is 3.87. The van der Waals surface area contributed by atoms with Crippen LogP contribution in [0, 0.1) is 5.92 Å². The van der Waals surface area contributed by atoms with Crippen LogP contribution in [-0.2, 0) is 13.1 Å². The van der Waals surface area contributed by atoms with Gasteiger partial charge >= 0.3 is 0 Å². The van der Waals surface area contributed by atoms with Crippen molar-refractivity contribution < 1.29 is 4.42 Å². The Labute approximate surface area is 110 Å². The molecule has 18 heavy (non-hydrogen) atoms. The molecular weight excluding hydrogens is 226 g/mol. The fourth-order valence-corrected chi connectivity index (χ4v) is 2.73. The maximum absolute atomic E-state index is 5.65. The van der Waals surface area contributed by atoms with E-state index in [1.165, 1.54) is 38.0 Å². The standard InChI is InChI=1S/C14H25N3O/c1-16-6-3-12(4-7-16)10-17(2)11-13-5-8-18-14(13)9-15/h5,8,12H,3-4,6-7,9-11,15H2,1-2H3. The highest BCUT2D eigenvalue weighted by Crippen LogP contribution is 2.18. The summed E-state index contributed by atoms with van der Waals surface area (Å²) in [6.07, 6.45) is 4.37. The van der Waals surface area contributed by atoms with E-state index >= 15 is 0 Å². The van der Waals surface area contributed by atoms with Gasteiger partial charge in [0.1, 0.15) is 5.76 Å². The molecule has 1 fully saturated rings. The first-order valence-electron chi connectivity index (χ1n) is 6.81. The molecule has 0 saturated carbocycles. The summed E-state index contributed by atoms with van der Waals surface area (Å²) < 4.78 is 5.36. The lowest BCUT2D eigenvalue weighted by Gasteiger charge is -2.31. The lowest BCUT2D eigenvalue weighted by molar-refractivity contribution is 0.173. The summed E-state index contributed by atoms with van der Waals surface area (Å²) in [5, 5.41) is 0. The number of hydrogen-bond acceptors (Lipinski definition) is 4. The van der Waals surface area contributed by atoms with Crippen molar-refractivity contribution in [3.8, 4) is 0 Å². The smallest absolute Gasteiger partial charge is 0.121 e. The number of nitrogens with zero attached hydrogens (tertiary/aromatic N) is 2. The maximum Gasteiger partial charge on any atom is 0.121 e. The van der Waals surface area contributed by atoms with Crippen LogP contribution in [0.1, 0.15) is 24.2 Å². The van der Waals surface area contributed by atoms with Crippen LogP contribution in [0.2, 0.25) is 0 Å². The quantitative estimate of drug-likeness (QED) is 0.861. The molecule has 2 rings (SSSR count). The van der Waals surface area contributed by atoms with E-state index in [-0.39, 0.29) is 0 Å². The van der Waals surface area contributed by atoms with Gasteiger partial charge in [-0.3, -0.25) is 0 Å². The van der Waals surface area contributed by atoms with Crippen molar-refractivity contribution in [2.75, 3.05) is 33.7 Å². The molecule has 2 N–H and O–H groups in total. The molecule has 0 aromatic carbocycles. The molecule has 4 heteroatoms. The molecule has 0 atom stereocenters. The van der Waals surface area contributed by atoms with Gasteiger partial charge in [-0.1, -0.05) is 0 Å². The minimum Gasteiger partial charge on any atom is -0.468 e. The number of rotatable bonds is 5. The fraction of sp³-hybridized carbons (Fsp3) is 0.714. The van der Waals surface area contributed by atoms with Crippen LogP contribution in [0.3, 0.4) is 0 Å². The Kier molecular flexibility index (Phi) is 4.80. The van der Waals surface area contributed by atoms with Crippen LogP contribution in [0.25, 0.3) is 0 Å². The van der Waals surface area contributed by atoms with Gasteiger partial charge in [0.15, 0.2) is 0 Å². The predicted octanol–water partition coefficient (Wildman–Crippen LogP) is 1.51. The zero-order valence-electron chi connectivity index (χ0n) is 11.6. The first-order chi connectivity index (χ1) is 8.69. The lowest BCUT2D eigenvalue weighted by atomic mass is 9.96. The van der Waals surface area contributed by atoms with Crippen molar-refractivity contribution >= 4 is 0 Å². The molecule has 0 amide bonds. The summed E-state index contributed by atoms with van der Waals surface area (Å²) in [6, 6.07) is 2.04. The summed E-state index contributed by atoms with van der Waals surface area (Å²) in [5.41, 5.74) is 6.88. The highest BCUT2D eigenvalue weighted by Gasteiger charge is 2.18. The van der Waals surface area contributed by atoms with Gasteiger partial charge in [-0.15, -0.1) is 0 Å². The van der Waals surface area contributed by atoms with Crippen LogP contribution < -0.4 is 5.73 Å². The average molecular weight is 251 g/mol. The summed E-state index contributed by atoms with van der Waals surface area (Å²) in [5.74, 6) is 1.75. The second-order valence-electron chi connectivity index (χ2n) is 5.52. The van der Waals surface area contributed by atoms with Crippen LogP contribution in [0.4, 0.5) is 0 Å². The molecule has 1 aromatic rings. The summed E-state index contributed by atoms with van der Waals surface area (Å²) in [4.78, 5) is 4.80. The number of nitrogens with two attached hydrogens (primary N) is 1. The van der Waals surface area contributed by atoms with Gasteiger partial charge in [-0.25, -0.2) is 0 Å². The number of piperidine rings is 1. The summed E-state index contributed by atoms with van der Waals surface area (Å²) in [6.45, 7) is 5.07. The highest BCUT2D eigenvalue weighted by molar-refractivity contribution is 5.16. The Morgan fingerprint density at radius 1 is 1.44 bits per heavy atom. The van der Waals surface area contributed by atoms with Gasteiger partial charge in [0.25, 0.3) is 0 Å². The molecule has 1 aromatic heterocycles. The largest absolute Gasteiger partial charge is 0.468 e. The Balaban J connectivity index is 1.80. The Bertz CT molecular complexity index is 356. The van der Waals surface area contributed by atoms with E-state index in [0.717, 1.165) is 18.2 Å². The molecule has 0 radical (unpaired) electrons. The second kappa shape index (κ2) is 6.36. The first kappa shape index (κ1) is 13.6.